The van der Waals surface area contributed by atoms with Gasteiger partial charge in [-0.25, -0.2) is 22.0 Å². The van der Waals surface area contributed by atoms with Crippen molar-refractivity contribution in [2.45, 2.75) is 0 Å². The molecule has 0 radical (unpaired) electrons. The number of halogens is 5. The molecule has 0 spiro atoms. The average molecular weight is 766 g/mol. The zero-order valence-corrected chi connectivity index (χ0v) is 30.4. The van der Waals surface area contributed by atoms with Crippen molar-refractivity contribution in [3.8, 4) is 44.5 Å². The molecule has 0 amide bonds. The van der Waals surface area contributed by atoms with Crippen molar-refractivity contribution in [1.29, 1.82) is 0 Å². The van der Waals surface area contributed by atoms with Gasteiger partial charge in [-0.05, 0) is 144 Å². The van der Waals surface area contributed by atoms with Crippen molar-refractivity contribution in [2.24, 2.45) is 0 Å². The van der Waals surface area contributed by atoms with Gasteiger partial charge in [0.1, 0.15) is 5.69 Å². The van der Waals surface area contributed by atoms with E-state index in [2.05, 4.69) is 70.6 Å². The van der Waals surface area contributed by atoms with Crippen molar-refractivity contribution in [1.82, 2.24) is 9.97 Å². The summed E-state index contributed by atoms with van der Waals surface area (Å²) in [5.74, 6) is -10.1. The van der Waals surface area contributed by atoms with E-state index in [1.165, 1.54) is 12.1 Å². The summed E-state index contributed by atoms with van der Waals surface area (Å²) in [6.45, 7) is 0. The predicted octanol–water partition coefficient (Wildman–Crippen LogP) is 14.2. The van der Waals surface area contributed by atoms with E-state index in [1.54, 1.807) is 67.3 Å². The largest absolute Gasteiger partial charge is 0.305 e. The first-order valence-electron chi connectivity index (χ1n) is 18.5. The lowest BCUT2D eigenvalue weighted by molar-refractivity contribution is 0.380. The predicted molar refractivity (Wildman–Crippen MR) is 222 cm³/mol. The van der Waals surface area contributed by atoms with Crippen LogP contribution in [0.2, 0.25) is 0 Å². The number of hydrogen-bond donors (Lipinski definition) is 0. The summed E-state index contributed by atoms with van der Waals surface area (Å²) in [6, 6.07) is 46.4. The van der Waals surface area contributed by atoms with Gasteiger partial charge in [-0.3, -0.25) is 9.97 Å². The Morgan fingerprint density at radius 3 is 1.29 bits per heavy atom. The van der Waals surface area contributed by atoms with Gasteiger partial charge in [0.05, 0.1) is 0 Å². The third-order valence-electron chi connectivity index (χ3n) is 10.8. The van der Waals surface area contributed by atoms with Gasteiger partial charge >= 0.3 is 0 Å². The first kappa shape index (κ1) is 35.0. The van der Waals surface area contributed by atoms with Crippen LogP contribution in [0.25, 0.3) is 76.8 Å². The lowest BCUT2D eigenvalue weighted by Gasteiger charge is -2.26. The van der Waals surface area contributed by atoms with Crippen LogP contribution in [0.5, 0.6) is 0 Å². The van der Waals surface area contributed by atoms with Crippen LogP contribution in [0.15, 0.2) is 170 Å². The molecule has 8 heteroatoms. The minimum Gasteiger partial charge on any atom is -0.305 e. The number of nitrogens with zero attached hydrogens (tertiary/aromatic N) is 3. The van der Waals surface area contributed by atoms with Crippen LogP contribution in [0.3, 0.4) is 0 Å². The molecule has 0 atom stereocenters. The Bertz CT molecular complexity index is 3070. The second kappa shape index (κ2) is 13.9. The number of benzene rings is 8. The summed E-state index contributed by atoms with van der Waals surface area (Å²) in [7, 11) is 0. The van der Waals surface area contributed by atoms with E-state index in [0.29, 0.717) is 0 Å². The molecule has 58 heavy (non-hydrogen) atoms. The van der Waals surface area contributed by atoms with Crippen LogP contribution >= 0.6 is 0 Å². The third-order valence-corrected chi connectivity index (χ3v) is 10.8. The second-order valence-corrected chi connectivity index (χ2v) is 14.1. The van der Waals surface area contributed by atoms with E-state index in [1.807, 2.05) is 30.3 Å². The number of hydrogen-bond acceptors (Lipinski definition) is 3. The minimum atomic E-state index is -2.21. The highest BCUT2D eigenvalue weighted by Gasteiger charge is 2.31. The Balaban J connectivity index is 1.12. The number of para-hydroxylation sites is 1. The molecule has 0 aliphatic carbocycles. The number of pyridine rings is 2. The fourth-order valence-corrected chi connectivity index (χ4v) is 8.07. The Hall–Kier alpha value is -7.45. The zero-order valence-electron chi connectivity index (χ0n) is 30.4. The van der Waals surface area contributed by atoms with Gasteiger partial charge in [-0.15, -0.1) is 0 Å². The molecule has 0 aliphatic rings. The van der Waals surface area contributed by atoms with Gasteiger partial charge in [0.2, 0.25) is 5.82 Å². The van der Waals surface area contributed by atoms with Crippen LogP contribution in [-0.2, 0) is 0 Å². The van der Waals surface area contributed by atoms with Crippen LogP contribution in [0, 0.1) is 29.1 Å². The fourth-order valence-electron chi connectivity index (χ4n) is 8.07. The van der Waals surface area contributed by atoms with Crippen LogP contribution in [0.4, 0.5) is 39.0 Å². The van der Waals surface area contributed by atoms with E-state index in [0.717, 1.165) is 81.7 Å². The quantitative estimate of drug-likeness (QED) is 0.0700. The molecule has 0 N–H and O–H groups in total. The first-order valence-corrected chi connectivity index (χ1v) is 18.5. The normalized spacial score (nSPS) is 11.5. The molecular weight excluding hydrogens is 738 g/mol. The third kappa shape index (κ3) is 5.72. The lowest BCUT2D eigenvalue weighted by atomic mass is 9.86. The van der Waals surface area contributed by atoms with E-state index in [9.17, 15) is 13.2 Å². The molecule has 0 bridgehead atoms. The summed E-state index contributed by atoms with van der Waals surface area (Å²) >= 11 is 0. The van der Waals surface area contributed by atoms with Crippen LogP contribution in [-0.4, -0.2) is 9.97 Å². The van der Waals surface area contributed by atoms with Gasteiger partial charge in [-0.2, -0.15) is 0 Å². The van der Waals surface area contributed by atoms with Crippen molar-refractivity contribution < 1.29 is 22.0 Å². The van der Waals surface area contributed by atoms with Gasteiger partial charge in [0.25, 0.3) is 0 Å². The highest BCUT2D eigenvalue weighted by molar-refractivity contribution is 6.27. The molecule has 10 rings (SSSR count). The molecule has 278 valence electrons. The number of rotatable bonds is 7. The Kier molecular flexibility index (Phi) is 8.41. The van der Waals surface area contributed by atoms with E-state index in [4.69, 9.17) is 0 Å². The molecule has 2 aromatic heterocycles. The molecule has 0 aliphatic heterocycles. The number of anilines is 3. The Morgan fingerprint density at radius 1 is 0.345 bits per heavy atom. The van der Waals surface area contributed by atoms with E-state index in [-0.39, 0.29) is 11.4 Å². The van der Waals surface area contributed by atoms with Gasteiger partial charge in [-0.1, -0.05) is 78.9 Å². The topological polar surface area (TPSA) is 29.0 Å². The smallest absolute Gasteiger partial charge is 0.200 e. The van der Waals surface area contributed by atoms with Crippen LogP contribution in [0.1, 0.15) is 0 Å². The standard InChI is InChI=1S/C50H28F5N3/c51-45-46(52)48(54)50(49(55)47(45)53)58(37-4-2-1-3-5-37)38-12-6-31(7-13-38)39-14-8-32-11-17-42-40(15-9-33-10-16-41(39)43(32)44(33)42)36-27-34(29-18-22-56-23-19-29)26-35(28-36)30-20-24-57-25-21-30/h1-28H. The Labute approximate surface area is 329 Å². The summed E-state index contributed by atoms with van der Waals surface area (Å²) < 4.78 is 73.7. The first-order chi connectivity index (χ1) is 28.4. The maximum absolute atomic E-state index is 15.3. The fraction of sp³-hybridized carbons (Fsp3) is 0. The molecule has 0 saturated carbocycles. The molecule has 0 unspecified atom stereocenters. The SMILES string of the molecule is Fc1c(F)c(F)c(N(c2ccccc2)c2ccc(-c3ccc4ccc5c(-c6cc(-c7ccncc7)cc(-c7ccncc7)c6)ccc6ccc3c4c65)cc2)c(F)c1F. The molecule has 3 nitrogen and oxygen atoms in total. The van der Waals surface area contributed by atoms with Gasteiger partial charge < -0.3 is 4.90 Å². The highest BCUT2D eigenvalue weighted by atomic mass is 19.2. The van der Waals surface area contributed by atoms with Gasteiger partial charge in [0, 0.05) is 36.2 Å². The second-order valence-electron chi connectivity index (χ2n) is 14.1. The molecule has 10 aromatic rings. The van der Waals surface area contributed by atoms with Crippen molar-refractivity contribution >= 4 is 49.4 Å². The minimum absolute atomic E-state index is 0.209. The summed E-state index contributed by atoms with van der Waals surface area (Å²) in [4.78, 5) is 9.49. The molecule has 0 saturated heterocycles. The van der Waals surface area contributed by atoms with E-state index >= 15 is 8.78 Å². The molecule has 2 heterocycles. The maximum Gasteiger partial charge on any atom is 0.200 e. The monoisotopic (exact) mass is 765 g/mol. The molecule has 8 aromatic carbocycles. The summed E-state index contributed by atoms with van der Waals surface area (Å²) in [5, 5.41) is 6.46. The number of aromatic nitrogens is 2. The average Bonchev–Trinajstić information content (AvgIpc) is 3.29. The highest BCUT2D eigenvalue weighted by Crippen LogP contribution is 2.45. The van der Waals surface area contributed by atoms with Gasteiger partial charge in [0.15, 0.2) is 23.3 Å². The zero-order chi connectivity index (χ0) is 39.5. The molecule has 0 fully saturated rings. The maximum atomic E-state index is 15.3. The Morgan fingerprint density at radius 2 is 0.776 bits per heavy atom. The molecular formula is C50H28F5N3. The summed E-state index contributed by atoms with van der Waals surface area (Å²) in [5.41, 5.74) is 7.47. The van der Waals surface area contributed by atoms with Crippen molar-refractivity contribution in [2.75, 3.05) is 4.90 Å². The van der Waals surface area contributed by atoms with Crippen molar-refractivity contribution in [3.05, 3.63) is 199 Å². The summed E-state index contributed by atoms with van der Waals surface area (Å²) in [6.07, 6.45) is 7.18. The lowest BCUT2D eigenvalue weighted by Crippen LogP contribution is -2.17. The van der Waals surface area contributed by atoms with Crippen molar-refractivity contribution in [3.63, 3.8) is 0 Å². The van der Waals surface area contributed by atoms with E-state index < -0.39 is 34.8 Å². The van der Waals surface area contributed by atoms with Crippen LogP contribution < -0.4 is 4.90 Å².